The Labute approximate surface area is 133 Å². The summed E-state index contributed by atoms with van der Waals surface area (Å²) in [4.78, 5) is 12.7. The molecule has 0 heterocycles. The summed E-state index contributed by atoms with van der Waals surface area (Å²) in [5.41, 5.74) is 0. The average Bonchev–Trinajstić information content (AvgIpc) is 2.37. The predicted octanol–water partition coefficient (Wildman–Crippen LogP) is 3.08. The molecule has 108 valence electrons. The van der Waals surface area contributed by atoms with E-state index in [4.69, 9.17) is 0 Å². The van der Waals surface area contributed by atoms with Crippen molar-refractivity contribution in [2.24, 2.45) is 0 Å². The molecule has 1 rings (SSSR count). The van der Waals surface area contributed by atoms with Gasteiger partial charge in [0.25, 0.3) is 0 Å². The summed E-state index contributed by atoms with van der Waals surface area (Å²) in [5.74, 6) is 0.919. The van der Waals surface area contributed by atoms with Crippen molar-refractivity contribution >= 4 is 46.0 Å². The molecule has 0 aromatic heterocycles. The van der Waals surface area contributed by atoms with Crippen molar-refractivity contribution in [2.75, 3.05) is 25.4 Å². The smallest absolute Gasteiger partial charge is 0.220 e. The van der Waals surface area contributed by atoms with Crippen LogP contribution < -0.4 is 10.6 Å². The molecule has 0 bridgehead atoms. The summed E-state index contributed by atoms with van der Waals surface area (Å²) >= 11 is 5.19. The first-order valence-corrected chi connectivity index (χ1v) is 7.86. The fourth-order valence-electron chi connectivity index (χ4n) is 1.37. The highest BCUT2D eigenvalue weighted by Gasteiger charge is 2.03. The molecule has 6 heteroatoms. The van der Waals surface area contributed by atoms with Crippen molar-refractivity contribution in [3.8, 4) is 0 Å². The van der Waals surface area contributed by atoms with Crippen LogP contribution >= 0.6 is 40.1 Å². The normalized spacial score (nSPS) is 9.79. The largest absolute Gasteiger partial charge is 0.355 e. The number of hydrogen-bond acceptors (Lipinski definition) is 3. The second-order valence-electron chi connectivity index (χ2n) is 3.73. The van der Waals surface area contributed by atoms with E-state index in [1.54, 1.807) is 11.8 Å². The highest BCUT2D eigenvalue weighted by Crippen LogP contribution is 2.27. The lowest BCUT2D eigenvalue weighted by atomic mass is 10.4. The second kappa shape index (κ2) is 11.6. The first kappa shape index (κ1) is 18.8. The molecule has 3 nitrogen and oxygen atoms in total. The summed E-state index contributed by atoms with van der Waals surface area (Å²) < 4.78 is 1.09. The SMILES string of the molecule is CCNCCNC(=O)CCSc1ccccc1Br.Cl. The number of carbonyl (C=O) groups excluding carboxylic acids is 1. The number of hydrogen-bond donors (Lipinski definition) is 2. The van der Waals surface area contributed by atoms with E-state index in [0.29, 0.717) is 13.0 Å². The van der Waals surface area contributed by atoms with E-state index in [2.05, 4.69) is 39.6 Å². The quantitative estimate of drug-likeness (QED) is 0.548. The molecule has 1 aromatic carbocycles. The van der Waals surface area contributed by atoms with Crippen molar-refractivity contribution in [1.29, 1.82) is 0 Å². The molecule has 0 unspecified atom stereocenters. The van der Waals surface area contributed by atoms with Gasteiger partial charge in [-0.15, -0.1) is 24.2 Å². The molecule has 0 aliphatic rings. The molecule has 0 spiro atoms. The van der Waals surface area contributed by atoms with Gasteiger partial charge in [0.2, 0.25) is 5.91 Å². The van der Waals surface area contributed by atoms with Crippen LogP contribution in [0.5, 0.6) is 0 Å². The number of nitrogens with one attached hydrogen (secondary N) is 2. The average molecular weight is 368 g/mol. The van der Waals surface area contributed by atoms with Crippen LogP contribution in [0.1, 0.15) is 13.3 Å². The number of amides is 1. The van der Waals surface area contributed by atoms with E-state index >= 15 is 0 Å². The van der Waals surface area contributed by atoms with Gasteiger partial charge in [0.1, 0.15) is 0 Å². The molecule has 1 aromatic rings. The van der Waals surface area contributed by atoms with E-state index in [-0.39, 0.29) is 18.3 Å². The number of halogens is 2. The van der Waals surface area contributed by atoms with Crippen LogP contribution in [0.3, 0.4) is 0 Å². The van der Waals surface area contributed by atoms with Crippen molar-refractivity contribution in [3.05, 3.63) is 28.7 Å². The summed E-state index contributed by atoms with van der Waals surface area (Å²) in [6.07, 6.45) is 0.554. The van der Waals surface area contributed by atoms with Crippen LogP contribution in [0.15, 0.2) is 33.6 Å². The van der Waals surface area contributed by atoms with Crippen LogP contribution in [0.4, 0.5) is 0 Å². The van der Waals surface area contributed by atoms with Gasteiger partial charge in [-0.05, 0) is 34.6 Å². The topological polar surface area (TPSA) is 41.1 Å². The van der Waals surface area contributed by atoms with Gasteiger partial charge in [0.05, 0.1) is 0 Å². The Kier molecular flexibility index (Phi) is 11.4. The molecule has 0 atom stereocenters. The molecular formula is C13H20BrClN2OS. The maximum absolute atomic E-state index is 11.5. The lowest BCUT2D eigenvalue weighted by molar-refractivity contribution is -0.120. The van der Waals surface area contributed by atoms with E-state index in [0.717, 1.165) is 23.3 Å². The monoisotopic (exact) mass is 366 g/mol. The van der Waals surface area contributed by atoms with Crippen LogP contribution in [-0.4, -0.2) is 31.3 Å². The fraction of sp³-hybridized carbons (Fsp3) is 0.462. The highest BCUT2D eigenvalue weighted by atomic mass is 79.9. The Hall–Kier alpha value is -0.230. The standard InChI is InChI=1S/C13H19BrN2OS.ClH/c1-2-15-8-9-16-13(17)7-10-18-12-6-4-3-5-11(12)14;/h3-6,15H,2,7-10H2,1H3,(H,16,17);1H. The zero-order valence-electron chi connectivity index (χ0n) is 10.9. The lowest BCUT2D eigenvalue weighted by Gasteiger charge is -2.06. The maximum Gasteiger partial charge on any atom is 0.220 e. The first-order chi connectivity index (χ1) is 8.74. The Balaban J connectivity index is 0.00000324. The van der Waals surface area contributed by atoms with E-state index < -0.39 is 0 Å². The van der Waals surface area contributed by atoms with Gasteiger partial charge in [0.15, 0.2) is 0 Å². The minimum absolute atomic E-state index is 0. The van der Waals surface area contributed by atoms with Crippen LogP contribution in [0.25, 0.3) is 0 Å². The second-order valence-corrected chi connectivity index (χ2v) is 5.72. The molecule has 0 saturated heterocycles. The predicted molar refractivity (Wildman–Crippen MR) is 88.3 cm³/mol. The molecule has 19 heavy (non-hydrogen) atoms. The van der Waals surface area contributed by atoms with Gasteiger partial charge in [-0.25, -0.2) is 0 Å². The summed E-state index contributed by atoms with van der Waals surface area (Å²) in [6, 6.07) is 8.06. The van der Waals surface area contributed by atoms with Gasteiger partial charge >= 0.3 is 0 Å². The Morgan fingerprint density at radius 3 is 2.74 bits per heavy atom. The van der Waals surface area contributed by atoms with Gasteiger partial charge in [-0.3, -0.25) is 4.79 Å². The summed E-state index contributed by atoms with van der Waals surface area (Å²) in [6.45, 7) is 4.52. The van der Waals surface area contributed by atoms with Crippen molar-refractivity contribution < 1.29 is 4.79 Å². The summed E-state index contributed by atoms with van der Waals surface area (Å²) in [7, 11) is 0. The number of benzene rings is 1. The minimum Gasteiger partial charge on any atom is -0.355 e. The van der Waals surface area contributed by atoms with Crippen LogP contribution in [0.2, 0.25) is 0 Å². The minimum atomic E-state index is 0. The van der Waals surface area contributed by atoms with Gasteiger partial charge in [-0.1, -0.05) is 19.1 Å². The molecule has 0 fully saturated rings. The van der Waals surface area contributed by atoms with E-state index in [9.17, 15) is 4.79 Å². The fourth-order valence-corrected chi connectivity index (χ4v) is 2.89. The number of carbonyl (C=O) groups is 1. The molecule has 0 radical (unpaired) electrons. The Morgan fingerprint density at radius 1 is 1.32 bits per heavy atom. The lowest BCUT2D eigenvalue weighted by Crippen LogP contribution is -2.31. The van der Waals surface area contributed by atoms with Gasteiger partial charge in [-0.2, -0.15) is 0 Å². The highest BCUT2D eigenvalue weighted by molar-refractivity contribution is 9.10. The van der Waals surface area contributed by atoms with Crippen molar-refractivity contribution in [2.45, 2.75) is 18.2 Å². The number of likely N-dealkylation sites (N-methyl/N-ethyl adjacent to an activating group) is 1. The molecule has 0 aliphatic heterocycles. The molecular weight excluding hydrogens is 348 g/mol. The zero-order chi connectivity index (χ0) is 13.2. The van der Waals surface area contributed by atoms with Crippen molar-refractivity contribution in [1.82, 2.24) is 10.6 Å². The van der Waals surface area contributed by atoms with Crippen LogP contribution in [-0.2, 0) is 4.79 Å². The zero-order valence-corrected chi connectivity index (χ0v) is 14.2. The molecule has 1 amide bonds. The van der Waals surface area contributed by atoms with Gasteiger partial charge in [0, 0.05) is 34.6 Å². The molecule has 0 saturated carbocycles. The number of thioether (sulfide) groups is 1. The molecule has 2 N–H and O–H groups in total. The third-order valence-electron chi connectivity index (χ3n) is 2.30. The first-order valence-electron chi connectivity index (χ1n) is 6.08. The van der Waals surface area contributed by atoms with Crippen molar-refractivity contribution in [3.63, 3.8) is 0 Å². The van der Waals surface area contributed by atoms with Gasteiger partial charge < -0.3 is 10.6 Å². The third kappa shape index (κ3) is 8.52. The molecule has 0 aliphatic carbocycles. The summed E-state index contributed by atoms with van der Waals surface area (Å²) in [5, 5.41) is 6.06. The number of rotatable bonds is 8. The van der Waals surface area contributed by atoms with E-state index in [1.807, 2.05) is 18.2 Å². The van der Waals surface area contributed by atoms with Crippen LogP contribution in [0, 0.1) is 0 Å². The van der Waals surface area contributed by atoms with E-state index in [1.165, 1.54) is 4.90 Å². The maximum atomic E-state index is 11.5. The Bertz CT molecular complexity index is 379. The third-order valence-corrected chi connectivity index (χ3v) is 4.33. The Morgan fingerprint density at radius 2 is 2.05 bits per heavy atom.